The molecule has 0 heterocycles. The Hall–Kier alpha value is -0.790. The minimum absolute atomic E-state index is 0.168. The van der Waals surface area contributed by atoms with E-state index in [1.54, 1.807) is 0 Å². The van der Waals surface area contributed by atoms with Crippen LogP contribution in [0.3, 0.4) is 0 Å². The lowest BCUT2D eigenvalue weighted by atomic mass is 9.90. The molecule has 0 bridgehead atoms. The van der Waals surface area contributed by atoms with Crippen LogP contribution in [0.15, 0.2) is 12.7 Å². The molecular formula is C12H22O2. The van der Waals surface area contributed by atoms with Crippen molar-refractivity contribution in [1.29, 1.82) is 0 Å². The summed E-state index contributed by atoms with van der Waals surface area (Å²) in [6.45, 7) is 7.61. The molecule has 1 unspecified atom stereocenters. The summed E-state index contributed by atoms with van der Waals surface area (Å²) in [4.78, 5) is 10.8. The maximum absolute atomic E-state index is 10.8. The molecule has 2 nitrogen and oxygen atoms in total. The Kier molecular flexibility index (Phi) is 7.17. The molecule has 0 amide bonds. The summed E-state index contributed by atoms with van der Waals surface area (Å²) in [6, 6.07) is 0. The van der Waals surface area contributed by atoms with Gasteiger partial charge in [0.2, 0.25) is 0 Å². The van der Waals surface area contributed by atoms with E-state index in [0.29, 0.717) is 0 Å². The predicted octanol–water partition coefficient (Wildman–Crippen LogP) is 3.48. The van der Waals surface area contributed by atoms with Crippen LogP contribution in [0.25, 0.3) is 0 Å². The first-order valence-electron chi connectivity index (χ1n) is 5.43. The highest BCUT2D eigenvalue weighted by atomic mass is 16.4. The Balaban J connectivity index is 3.62. The van der Waals surface area contributed by atoms with Crippen molar-refractivity contribution >= 4 is 5.97 Å². The fourth-order valence-corrected chi connectivity index (χ4v) is 1.57. The van der Waals surface area contributed by atoms with Crippen molar-refractivity contribution in [2.45, 2.75) is 46.0 Å². The Bertz CT molecular complexity index is 173. The van der Waals surface area contributed by atoms with Crippen molar-refractivity contribution in [3.05, 3.63) is 12.7 Å². The van der Waals surface area contributed by atoms with Gasteiger partial charge < -0.3 is 5.11 Å². The average molecular weight is 198 g/mol. The van der Waals surface area contributed by atoms with E-state index >= 15 is 0 Å². The molecule has 0 spiro atoms. The summed E-state index contributed by atoms with van der Waals surface area (Å²) >= 11 is 0. The van der Waals surface area contributed by atoms with Crippen LogP contribution >= 0.6 is 0 Å². The molecule has 0 aromatic heterocycles. The van der Waals surface area contributed by atoms with E-state index in [4.69, 9.17) is 5.11 Å². The van der Waals surface area contributed by atoms with Crippen LogP contribution in [-0.2, 0) is 4.79 Å². The molecule has 14 heavy (non-hydrogen) atoms. The second-order valence-electron chi connectivity index (χ2n) is 4.12. The molecule has 0 saturated carbocycles. The van der Waals surface area contributed by atoms with Gasteiger partial charge in [-0.05, 0) is 25.2 Å². The molecular weight excluding hydrogens is 176 g/mol. The van der Waals surface area contributed by atoms with Gasteiger partial charge in [0.25, 0.3) is 0 Å². The standard InChI is InChI=1S/C12H22O2/c1-4-5-6-7-8-9-11(10(2)3)12(13)14/h4,10-11H,1,5-9H2,2-3H3,(H,13,14). The third kappa shape index (κ3) is 5.79. The number of hydrogen-bond donors (Lipinski definition) is 1. The maximum atomic E-state index is 10.8. The Morgan fingerprint density at radius 3 is 2.43 bits per heavy atom. The minimum atomic E-state index is -0.649. The summed E-state index contributed by atoms with van der Waals surface area (Å²) in [5, 5.41) is 8.93. The van der Waals surface area contributed by atoms with E-state index in [1.807, 2.05) is 19.9 Å². The summed E-state index contributed by atoms with van der Waals surface area (Å²) < 4.78 is 0. The lowest BCUT2D eigenvalue weighted by molar-refractivity contribution is -0.143. The first-order chi connectivity index (χ1) is 6.59. The quantitative estimate of drug-likeness (QED) is 0.479. The van der Waals surface area contributed by atoms with Gasteiger partial charge in [-0.15, -0.1) is 6.58 Å². The van der Waals surface area contributed by atoms with Crippen molar-refractivity contribution in [2.75, 3.05) is 0 Å². The van der Waals surface area contributed by atoms with E-state index in [2.05, 4.69) is 6.58 Å². The number of aliphatic carboxylic acids is 1. The molecule has 0 saturated heterocycles. The Morgan fingerprint density at radius 1 is 1.36 bits per heavy atom. The molecule has 0 aliphatic heterocycles. The van der Waals surface area contributed by atoms with Crippen LogP contribution in [0, 0.1) is 11.8 Å². The molecule has 82 valence electrons. The van der Waals surface area contributed by atoms with Crippen LogP contribution in [0.1, 0.15) is 46.0 Å². The zero-order chi connectivity index (χ0) is 11.0. The number of hydrogen-bond acceptors (Lipinski definition) is 1. The highest BCUT2D eigenvalue weighted by molar-refractivity contribution is 5.70. The second kappa shape index (κ2) is 7.60. The second-order valence-corrected chi connectivity index (χ2v) is 4.12. The predicted molar refractivity (Wildman–Crippen MR) is 59.2 cm³/mol. The Labute approximate surface area is 87.0 Å². The van der Waals surface area contributed by atoms with Crippen molar-refractivity contribution in [1.82, 2.24) is 0 Å². The monoisotopic (exact) mass is 198 g/mol. The summed E-state index contributed by atoms with van der Waals surface area (Å²) in [6.07, 6.45) is 7.03. The summed E-state index contributed by atoms with van der Waals surface area (Å²) in [5.41, 5.74) is 0. The highest BCUT2D eigenvalue weighted by Crippen LogP contribution is 2.19. The first kappa shape index (κ1) is 13.2. The lowest BCUT2D eigenvalue weighted by Gasteiger charge is -2.15. The molecule has 0 aromatic carbocycles. The van der Waals surface area contributed by atoms with Crippen molar-refractivity contribution in [2.24, 2.45) is 11.8 Å². The number of unbranched alkanes of at least 4 members (excludes halogenated alkanes) is 3. The Morgan fingerprint density at radius 2 is 2.00 bits per heavy atom. The average Bonchev–Trinajstić information content (AvgIpc) is 2.09. The number of rotatable bonds is 8. The van der Waals surface area contributed by atoms with Crippen LogP contribution in [0.4, 0.5) is 0 Å². The molecule has 0 aromatic rings. The number of carbonyl (C=O) groups is 1. The SMILES string of the molecule is C=CCCCCCC(C(=O)O)C(C)C. The largest absolute Gasteiger partial charge is 0.481 e. The number of carboxylic acids is 1. The van der Waals surface area contributed by atoms with Gasteiger partial charge in [0.15, 0.2) is 0 Å². The molecule has 2 heteroatoms. The van der Waals surface area contributed by atoms with Crippen molar-refractivity contribution in [3.8, 4) is 0 Å². The summed E-state index contributed by atoms with van der Waals surface area (Å²) in [7, 11) is 0. The lowest BCUT2D eigenvalue weighted by Crippen LogP contribution is -2.19. The molecule has 0 fully saturated rings. The minimum Gasteiger partial charge on any atom is -0.481 e. The van der Waals surface area contributed by atoms with Gasteiger partial charge in [-0.3, -0.25) is 4.79 Å². The number of allylic oxidation sites excluding steroid dienone is 1. The smallest absolute Gasteiger partial charge is 0.306 e. The van der Waals surface area contributed by atoms with E-state index in [-0.39, 0.29) is 11.8 Å². The maximum Gasteiger partial charge on any atom is 0.306 e. The van der Waals surface area contributed by atoms with E-state index < -0.39 is 5.97 Å². The first-order valence-corrected chi connectivity index (χ1v) is 5.43. The van der Waals surface area contributed by atoms with Crippen LogP contribution in [-0.4, -0.2) is 11.1 Å². The topological polar surface area (TPSA) is 37.3 Å². The molecule has 1 atom stereocenters. The van der Waals surface area contributed by atoms with E-state index in [1.165, 1.54) is 0 Å². The third-order valence-electron chi connectivity index (χ3n) is 2.55. The molecule has 0 radical (unpaired) electrons. The fourth-order valence-electron chi connectivity index (χ4n) is 1.57. The van der Waals surface area contributed by atoms with E-state index in [0.717, 1.165) is 32.1 Å². The van der Waals surface area contributed by atoms with Gasteiger partial charge in [-0.25, -0.2) is 0 Å². The summed E-state index contributed by atoms with van der Waals surface area (Å²) in [5.74, 6) is -0.575. The molecule has 0 aliphatic rings. The van der Waals surface area contributed by atoms with E-state index in [9.17, 15) is 4.79 Å². The van der Waals surface area contributed by atoms with Gasteiger partial charge >= 0.3 is 5.97 Å². The van der Waals surface area contributed by atoms with Crippen molar-refractivity contribution < 1.29 is 9.90 Å². The van der Waals surface area contributed by atoms with Crippen molar-refractivity contribution in [3.63, 3.8) is 0 Å². The van der Waals surface area contributed by atoms with Gasteiger partial charge in [0.05, 0.1) is 5.92 Å². The fraction of sp³-hybridized carbons (Fsp3) is 0.750. The van der Waals surface area contributed by atoms with Crippen LogP contribution in [0.2, 0.25) is 0 Å². The molecule has 1 N–H and O–H groups in total. The van der Waals surface area contributed by atoms with Crippen LogP contribution < -0.4 is 0 Å². The van der Waals surface area contributed by atoms with Gasteiger partial charge in [-0.1, -0.05) is 32.8 Å². The normalized spacial score (nSPS) is 12.8. The van der Waals surface area contributed by atoms with Gasteiger partial charge in [-0.2, -0.15) is 0 Å². The van der Waals surface area contributed by atoms with Crippen LogP contribution in [0.5, 0.6) is 0 Å². The number of carboxylic acid groups (broad SMARTS) is 1. The zero-order valence-corrected chi connectivity index (χ0v) is 9.33. The highest BCUT2D eigenvalue weighted by Gasteiger charge is 2.20. The van der Waals surface area contributed by atoms with Gasteiger partial charge in [0.1, 0.15) is 0 Å². The third-order valence-corrected chi connectivity index (χ3v) is 2.55. The molecule has 0 rings (SSSR count). The zero-order valence-electron chi connectivity index (χ0n) is 9.33. The van der Waals surface area contributed by atoms with Gasteiger partial charge in [0, 0.05) is 0 Å². The molecule has 0 aliphatic carbocycles.